The van der Waals surface area contributed by atoms with Crippen molar-refractivity contribution in [2.24, 2.45) is 0 Å². The van der Waals surface area contributed by atoms with Gasteiger partial charge in [-0.1, -0.05) is 23.2 Å². The Morgan fingerprint density at radius 3 is 2.90 bits per heavy atom. The Kier molecular flexibility index (Phi) is 4.24. The summed E-state index contributed by atoms with van der Waals surface area (Å²) in [4.78, 5) is 18.7. The predicted molar refractivity (Wildman–Crippen MR) is 85.5 cm³/mol. The number of rotatable bonds is 2. The second-order valence-corrected chi connectivity index (χ2v) is 7.45. The van der Waals surface area contributed by atoms with Crippen molar-refractivity contribution in [2.75, 3.05) is 13.1 Å². The van der Waals surface area contributed by atoms with Crippen molar-refractivity contribution < 1.29 is 4.79 Å². The van der Waals surface area contributed by atoms with E-state index in [0.717, 1.165) is 25.2 Å². The van der Waals surface area contributed by atoms with Crippen LogP contribution < -0.4 is 0 Å². The van der Waals surface area contributed by atoms with E-state index >= 15 is 0 Å². The number of halogens is 2. The Labute approximate surface area is 137 Å². The van der Waals surface area contributed by atoms with E-state index in [1.165, 1.54) is 11.3 Å². The molecule has 2 aromatic heterocycles. The highest BCUT2D eigenvalue weighted by Crippen LogP contribution is 2.33. The van der Waals surface area contributed by atoms with Gasteiger partial charge in [0.25, 0.3) is 5.91 Å². The van der Waals surface area contributed by atoms with E-state index in [2.05, 4.69) is 9.55 Å². The molecular weight excluding hydrogens is 329 g/mol. The molecule has 0 saturated carbocycles. The van der Waals surface area contributed by atoms with Crippen molar-refractivity contribution in [3.05, 3.63) is 38.5 Å². The minimum Gasteiger partial charge on any atom is -0.336 e. The van der Waals surface area contributed by atoms with Gasteiger partial charge in [0.2, 0.25) is 0 Å². The first-order chi connectivity index (χ1) is 10.1. The molecule has 3 rings (SSSR count). The van der Waals surface area contributed by atoms with Gasteiger partial charge >= 0.3 is 0 Å². The van der Waals surface area contributed by atoms with Gasteiger partial charge in [-0.15, -0.1) is 11.3 Å². The summed E-state index contributed by atoms with van der Waals surface area (Å²) >= 11 is 13.3. The molecule has 1 aliphatic rings. The Bertz CT molecular complexity index is 667. The largest absolute Gasteiger partial charge is 0.336 e. The fourth-order valence-electron chi connectivity index (χ4n) is 2.80. The molecule has 0 bridgehead atoms. The molecule has 1 aliphatic heterocycles. The Morgan fingerprint density at radius 2 is 2.29 bits per heavy atom. The summed E-state index contributed by atoms with van der Waals surface area (Å²) in [6, 6.07) is 1.93. The smallest absolute Gasteiger partial charge is 0.256 e. The summed E-state index contributed by atoms with van der Waals surface area (Å²) in [7, 11) is 0. The van der Waals surface area contributed by atoms with Crippen LogP contribution in [-0.2, 0) is 0 Å². The molecule has 0 spiro atoms. The lowest BCUT2D eigenvalue weighted by Crippen LogP contribution is -2.40. The summed E-state index contributed by atoms with van der Waals surface area (Å²) in [6.07, 6.45) is 5.80. The van der Waals surface area contributed by atoms with Gasteiger partial charge in [0.05, 0.1) is 15.9 Å². The van der Waals surface area contributed by atoms with Gasteiger partial charge in [0, 0.05) is 25.5 Å². The fraction of sp³-hybridized carbons (Fsp3) is 0.429. The van der Waals surface area contributed by atoms with E-state index in [0.29, 0.717) is 20.8 Å². The van der Waals surface area contributed by atoms with E-state index in [-0.39, 0.29) is 11.9 Å². The quantitative estimate of drug-likeness (QED) is 0.825. The van der Waals surface area contributed by atoms with Crippen molar-refractivity contribution in [1.82, 2.24) is 14.5 Å². The molecular formula is C14H15Cl2N3OS. The topological polar surface area (TPSA) is 38.1 Å². The van der Waals surface area contributed by atoms with Crippen LogP contribution >= 0.6 is 34.5 Å². The minimum atomic E-state index is -0.0365. The number of thiophene rings is 1. The van der Waals surface area contributed by atoms with Crippen LogP contribution in [0.25, 0.3) is 0 Å². The molecule has 0 unspecified atom stereocenters. The third-order valence-electron chi connectivity index (χ3n) is 3.83. The average molecular weight is 344 g/mol. The highest BCUT2D eigenvalue weighted by molar-refractivity contribution is 7.20. The number of hydrogen-bond donors (Lipinski definition) is 0. The van der Waals surface area contributed by atoms with Gasteiger partial charge in [-0.05, 0) is 25.8 Å². The third-order valence-corrected chi connectivity index (χ3v) is 5.31. The first kappa shape index (κ1) is 14.9. The lowest BCUT2D eigenvalue weighted by atomic mass is 10.0. The van der Waals surface area contributed by atoms with Crippen molar-refractivity contribution in [1.29, 1.82) is 0 Å². The molecule has 1 atom stereocenters. The molecule has 0 aliphatic carbocycles. The standard InChI is InChI=1S/C14H15Cl2N3OS/c1-9-17-4-6-19(9)10-3-2-5-18(8-10)14(20)11-7-12(15)21-13(11)16/h4,6-7,10H,2-3,5,8H2,1H3/t10-/m1/s1. The molecule has 4 nitrogen and oxygen atoms in total. The SMILES string of the molecule is Cc1nccn1[C@@H]1CCCN(C(=O)c2cc(Cl)sc2Cl)C1. The van der Waals surface area contributed by atoms with E-state index in [9.17, 15) is 4.79 Å². The molecule has 21 heavy (non-hydrogen) atoms. The number of nitrogens with zero attached hydrogens (tertiary/aromatic N) is 3. The van der Waals surface area contributed by atoms with Crippen LogP contribution in [-0.4, -0.2) is 33.4 Å². The predicted octanol–water partition coefficient (Wildman–Crippen LogP) is 4.04. The van der Waals surface area contributed by atoms with Crippen molar-refractivity contribution in [3.8, 4) is 0 Å². The molecule has 1 saturated heterocycles. The van der Waals surface area contributed by atoms with Crippen LogP contribution in [0.2, 0.25) is 8.67 Å². The van der Waals surface area contributed by atoms with E-state index in [1.54, 1.807) is 12.3 Å². The monoisotopic (exact) mass is 343 g/mol. The summed E-state index contributed by atoms with van der Waals surface area (Å²) in [5, 5.41) is 0. The molecule has 0 radical (unpaired) electrons. The molecule has 1 amide bonds. The molecule has 7 heteroatoms. The molecule has 0 aromatic carbocycles. The van der Waals surface area contributed by atoms with Gasteiger partial charge in [0.1, 0.15) is 10.2 Å². The van der Waals surface area contributed by atoms with Crippen molar-refractivity contribution in [2.45, 2.75) is 25.8 Å². The zero-order chi connectivity index (χ0) is 15.0. The highest BCUT2D eigenvalue weighted by atomic mass is 35.5. The second kappa shape index (κ2) is 5.99. The zero-order valence-corrected chi connectivity index (χ0v) is 13.9. The van der Waals surface area contributed by atoms with Gasteiger partial charge in [-0.25, -0.2) is 4.98 Å². The number of piperidine rings is 1. The van der Waals surface area contributed by atoms with E-state index in [4.69, 9.17) is 23.2 Å². The lowest BCUT2D eigenvalue weighted by Gasteiger charge is -2.33. The number of amides is 1. The Morgan fingerprint density at radius 1 is 1.48 bits per heavy atom. The van der Waals surface area contributed by atoms with Crippen LogP contribution in [0.3, 0.4) is 0 Å². The van der Waals surface area contributed by atoms with Gasteiger partial charge < -0.3 is 9.47 Å². The van der Waals surface area contributed by atoms with Crippen LogP contribution in [0.1, 0.15) is 35.1 Å². The van der Waals surface area contributed by atoms with E-state index < -0.39 is 0 Å². The number of imidazole rings is 1. The molecule has 0 N–H and O–H groups in total. The van der Waals surface area contributed by atoms with Crippen molar-refractivity contribution in [3.63, 3.8) is 0 Å². The molecule has 1 fully saturated rings. The Balaban J connectivity index is 1.79. The summed E-state index contributed by atoms with van der Waals surface area (Å²) in [6.45, 7) is 3.42. The van der Waals surface area contributed by atoms with Crippen LogP contribution in [0.4, 0.5) is 0 Å². The molecule has 112 valence electrons. The van der Waals surface area contributed by atoms with Crippen LogP contribution in [0.5, 0.6) is 0 Å². The number of carbonyl (C=O) groups is 1. The van der Waals surface area contributed by atoms with Gasteiger partial charge in [-0.3, -0.25) is 4.79 Å². The highest BCUT2D eigenvalue weighted by Gasteiger charge is 2.27. The number of aromatic nitrogens is 2. The first-order valence-corrected chi connectivity index (χ1v) is 8.37. The van der Waals surface area contributed by atoms with Crippen molar-refractivity contribution >= 4 is 40.4 Å². The van der Waals surface area contributed by atoms with Crippen LogP contribution in [0, 0.1) is 6.92 Å². The fourth-order valence-corrected chi connectivity index (χ4v) is 4.24. The number of hydrogen-bond acceptors (Lipinski definition) is 3. The average Bonchev–Trinajstić information content (AvgIpc) is 3.03. The van der Waals surface area contributed by atoms with Crippen LogP contribution in [0.15, 0.2) is 18.5 Å². The lowest BCUT2D eigenvalue weighted by molar-refractivity contribution is 0.0679. The maximum absolute atomic E-state index is 12.6. The first-order valence-electron chi connectivity index (χ1n) is 6.80. The second-order valence-electron chi connectivity index (χ2n) is 5.17. The molecule has 2 aromatic rings. The van der Waals surface area contributed by atoms with E-state index in [1.807, 2.05) is 18.0 Å². The van der Waals surface area contributed by atoms with Gasteiger partial charge in [0.15, 0.2) is 0 Å². The Hall–Kier alpha value is -1.04. The maximum Gasteiger partial charge on any atom is 0.256 e. The number of likely N-dealkylation sites (tertiary alicyclic amines) is 1. The summed E-state index contributed by atoms with van der Waals surface area (Å²) < 4.78 is 3.15. The normalized spacial score (nSPS) is 19.0. The van der Waals surface area contributed by atoms with Gasteiger partial charge in [-0.2, -0.15) is 0 Å². The minimum absolute atomic E-state index is 0.0365. The zero-order valence-electron chi connectivity index (χ0n) is 11.6. The number of carbonyl (C=O) groups excluding carboxylic acids is 1. The number of aryl methyl sites for hydroxylation is 1. The third kappa shape index (κ3) is 2.96. The summed E-state index contributed by atoms with van der Waals surface area (Å²) in [5.41, 5.74) is 0.509. The molecule has 3 heterocycles. The maximum atomic E-state index is 12.6. The summed E-state index contributed by atoms with van der Waals surface area (Å²) in [5.74, 6) is 0.941.